The van der Waals surface area contributed by atoms with Gasteiger partial charge in [-0.3, -0.25) is 10.2 Å². The van der Waals surface area contributed by atoms with Crippen molar-refractivity contribution in [1.82, 2.24) is 5.32 Å². The summed E-state index contributed by atoms with van der Waals surface area (Å²) in [4.78, 5) is 47.2. The van der Waals surface area contributed by atoms with Crippen LogP contribution in [0.5, 0.6) is 5.75 Å². The number of benzene rings is 2. The van der Waals surface area contributed by atoms with E-state index in [2.05, 4.69) is 0 Å². The van der Waals surface area contributed by atoms with Gasteiger partial charge in [-0.15, -0.1) is 11.3 Å². The second-order valence-electron chi connectivity index (χ2n) is 6.85. The molecule has 0 saturated carbocycles. The molecular formula is C23H16FN3O7S. The fourth-order valence-electron chi connectivity index (χ4n) is 2.76. The molecule has 0 spiro atoms. The number of hydrogen-bond acceptors (Lipinski definition) is 7. The summed E-state index contributed by atoms with van der Waals surface area (Å²) in [6.07, 6.45) is 0.365. The third kappa shape index (κ3) is 6.15. The Hall–Kier alpha value is -4.84. The zero-order chi connectivity index (χ0) is 25.7. The highest BCUT2D eigenvalue weighted by Crippen LogP contribution is 2.29. The van der Waals surface area contributed by atoms with Crippen LogP contribution in [-0.2, 0) is 9.59 Å². The molecule has 0 radical (unpaired) electrons. The summed E-state index contributed by atoms with van der Waals surface area (Å²) in [6.45, 7) is 0. The summed E-state index contributed by atoms with van der Waals surface area (Å²) >= 11 is 1.06. The maximum atomic E-state index is 14.1. The minimum absolute atomic E-state index is 0.0759. The quantitative estimate of drug-likeness (QED) is 0.104. The van der Waals surface area contributed by atoms with Crippen LogP contribution < -0.4 is 15.8 Å². The molecule has 10 nitrogen and oxygen atoms in total. The number of carboxylic acids is 2. The van der Waals surface area contributed by atoms with E-state index < -0.39 is 35.3 Å². The minimum Gasteiger partial charge on any atom is -0.478 e. The molecule has 0 aliphatic carbocycles. The lowest BCUT2D eigenvalue weighted by Gasteiger charge is -2.06. The second-order valence-corrected chi connectivity index (χ2v) is 7.93. The van der Waals surface area contributed by atoms with E-state index in [-0.39, 0.29) is 27.6 Å². The number of carboxylic acid groups (broad SMARTS) is 2. The number of amidine groups is 1. The molecule has 0 atom stereocenters. The Bertz CT molecular complexity index is 1380. The van der Waals surface area contributed by atoms with Gasteiger partial charge in [0, 0.05) is 16.0 Å². The number of rotatable bonds is 8. The molecule has 3 rings (SSSR count). The van der Waals surface area contributed by atoms with E-state index in [1.165, 1.54) is 30.3 Å². The fraction of sp³-hybridized carbons (Fsp3) is 0. The molecule has 0 saturated heterocycles. The highest BCUT2D eigenvalue weighted by Gasteiger charge is 2.17. The van der Waals surface area contributed by atoms with Crippen molar-refractivity contribution in [2.75, 3.05) is 0 Å². The van der Waals surface area contributed by atoms with E-state index in [0.29, 0.717) is 16.5 Å². The summed E-state index contributed by atoms with van der Waals surface area (Å²) in [6, 6.07) is 12.5. The van der Waals surface area contributed by atoms with Crippen molar-refractivity contribution in [2.24, 2.45) is 5.73 Å². The Kier molecular flexibility index (Phi) is 7.37. The zero-order valence-corrected chi connectivity index (χ0v) is 18.4. The average molecular weight is 497 g/mol. The van der Waals surface area contributed by atoms with Crippen molar-refractivity contribution < 1.29 is 38.5 Å². The van der Waals surface area contributed by atoms with Gasteiger partial charge in [-0.05, 0) is 48.0 Å². The van der Waals surface area contributed by atoms with E-state index in [4.69, 9.17) is 26.1 Å². The van der Waals surface area contributed by atoms with Crippen LogP contribution in [0.2, 0.25) is 0 Å². The van der Waals surface area contributed by atoms with E-state index in [0.717, 1.165) is 17.4 Å². The zero-order valence-electron chi connectivity index (χ0n) is 17.6. The van der Waals surface area contributed by atoms with Crippen molar-refractivity contribution in [1.29, 1.82) is 5.41 Å². The third-order valence-corrected chi connectivity index (χ3v) is 5.55. The van der Waals surface area contributed by atoms with Gasteiger partial charge in [-0.1, -0.05) is 12.1 Å². The van der Waals surface area contributed by atoms with Crippen molar-refractivity contribution >= 4 is 41.0 Å². The van der Waals surface area contributed by atoms with Crippen LogP contribution >= 0.6 is 11.3 Å². The first-order valence-electron chi connectivity index (χ1n) is 9.61. The maximum absolute atomic E-state index is 14.1. The van der Waals surface area contributed by atoms with Crippen LogP contribution in [0.15, 0.2) is 66.4 Å². The Morgan fingerprint density at radius 3 is 2.23 bits per heavy atom. The largest absolute Gasteiger partial charge is 0.478 e. The summed E-state index contributed by atoms with van der Waals surface area (Å²) in [5, 5.41) is 27.0. The predicted molar refractivity (Wildman–Crippen MR) is 123 cm³/mol. The lowest BCUT2D eigenvalue weighted by molar-refractivity contribution is -0.135. The van der Waals surface area contributed by atoms with Crippen molar-refractivity contribution in [3.8, 4) is 16.2 Å². The van der Waals surface area contributed by atoms with Gasteiger partial charge in [0.25, 0.3) is 5.91 Å². The molecule has 0 unspecified atom stereocenters. The van der Waals surface area contributed by atoms with E-state index in [1.54, 1.807) is 18.2 Å². The van der Waals surface area contributed by atoms with E-state index in [9.17, 15) is 23.6 Å². The highest BCUT2D eigenvalue weighted by atomic mass is 32.1. The Labute approximate surface area is 200 Å². The first-order valence-corrected chi connectivity index (χ1v) is 10.4. The van der Waals surface area contributed by atoms with Gasteiger partial charge in [-0.25, -0.2) is 18.8 Å². The van der Waals surface area contributed by atoms with Crippen LogP contribution in [0, 0.1) is 11.2 Å². The smallest absolute Gasteiger partial charge is 0.353 e. The molecular weight excluding hydrogens is 481 g/mol. The van der Waals surface area contributed by atoms with Gasteiger partial charge < -0.3 is 26.0 Å². The molecule has 12 heteroatoms. The number of nitrogen functional groups attached to an aromatic ring is 1. The minimum atomic E-state index is -1.61. The first-order chi connectivity index (χ1) is 16.5. The number of esters is 1. The van der Waals surface area contributed by atoms with Crippen molar-refractivity contribution in [3.63, 3.8) is 0 Å². The van der Waals surface area contributed by atoms with E-state index >= 15 is 0 Å². The van der Waals surface area contributed by atoms with Crippen LogP contribution in [0.25, 0.3) is 10.4 Å². The standard InChI is InChI=1S/C23H16FN3O7S/c24-14-9-13(20(25)26)5-6-16(14)34-23(33)18-8-7-17(35-18)11-1-3-12(4-2-11)21(30)27-15(22(31)32)10-19(28)29/h1-10H,(H3,25,26)(H,27,30)(H,28,29)(H,31,32)/b15-10+. The summed E-state index contributed by atoms with van der Waals surface area (Å²) in [5.74, 6) is -6.24. The monoisotopic (exact) mass is 497 g/mol. The number of carbonyl (C=O) groups excluding carboxylic acids is 2. The number of nitrogens with one attached hydrogen (secondary N) is 2. The van der Waals surface area contributed by atoms with Crippen LogP contribution in [-0.4, -0.2) is 39.9 Å². The lowest BCUT2D eigenvalue weighted by atomic mass is 10.1. The van der Waals surface area contributed by atoms with Gasteiger partial charge in [0.1, 0.15) is 16.4 Å². The number of carbonyl (C=O) groups is 4. The number of hydrogen-bond donors (Lipinski definition) is 5. The number of ether oxygens (including phenoxy) is 1. The Balaban J connectivity index is 1.71. The Morgan fingerprint density at radius 1 is 1.00 bits per heavy atom. The molecule has 2 aromatic carbocycles. The first kappa shape index (κ1) is 24.8. The van der Waals surface area contributed by atoms with Gasteiger partial charge in [-0.2, -0.15) is 0 Å². The SMILES string of the molecule is N=C(N)c1ccc(OC(=O)c2ccc(-c3ccc(C(=O)N/C(=C/C(=O)O)C(=O)O)cc3)s2)c(F)c1. The second kappa shape index (κ2) is 10.4. The number of nitrogens with two attached hydrogens (primary N) is 1. The van der Waals surface area contributed by atoms with Gasteiger partial charge in [0.2, 0.25) is 0 Å². The molecule has 3 aromatic rings. The predicted octanol–water partition coefficient (Wildman–Crippen LogP) is 2.84. The van der Waals surface area contributed by atoms with Crippen molar-refractivity contribution in [2.45, 2.75) is 0 Å². The van der Waals surface area contributed by atoms with Gasteiger partial charge in [0.05, 0.1) is 6.08 Å². The average Bonchev–Trinajstić information content (AvgIpc) is 3.30. The lowest BCUT2D eigenvalue weighted by Crippen LogP contribution is -2.28. The Morgan fingerprint density at radius 2 is 1.66 bits per heavy atom. The number of thiophene rings is 1. The summed E-state index contributed by atoms with van der Waals surface area (Å²) in [7, 11) is 0. The number of halogens is 1. The fourth-order valence-corrected chi connectivity index (χ4v) is 3.65. The normalized spacial score (nSPS) is 10.9. The third-order valence-electron chi connectivity index (χ3n) is 4.43. The molecule has 35 heavy (non-hydrogen) atoms. The van der Waals surface area contributed by atoms with Crippen LogP contribution in [0.1, 0.15) is 25.6 Å². The number of amides is 1. The van der Waals surface area contributed by atoms with Crippen molar-refractivity contribution in [3.05, 3.63) is 88.2 Å². The maximum Gasteiger partial charge on any atom is 0.353 e. The number of aliphatic carboxylic acids is 2. The van der Waals surface area contributed by atoms with Gasteiger partial charge >= 0.3 is 17.9 Å². The molecule has 0 aliphatic rings. The molecule has 0 aliphatic heterocycles. The molecule has 178 valence electrons. The molecule has 1 amide bonds. The summed E-state index contributed by atoms with van der Waals surface area (Å²) in [5.41, 5.74) is 5.36. The van der Waals surface area contributed by atoms with E-state index in [1.807, 2.05) is 5.32 Å². The summed E-state index contributed by atoms with van der Waals surface area (Å²) < 4.78 is 19.2. The molecule has 0 fully saturated rings. The van der Waals surface area contributed by atoms with Gasteiger partial charge in [0.15, 0.2) is 11.6 Å². The molecule has 0 bridgehead atoms. The van der Waals surface area contributed by atoms with Crippen LogP contribution in [0.4, 0.5) is 4.39 Å². The highest BCUT2D eigenvalue weighted by molar-refractivity contribution is 7.17. The molecule has 6 N–H and O–H groups in total. The molecule has 1 aromatic heterocycles. The van der Waals surface area contributed by atoms with Crippen LogP contribution in [0.3, 0.4) is 0 Å². The topological polar surface area (TPSA) is 180 Å². The molecule has 1 heterocycles.